The maximum Gasteiger partial charge on any atom is -0.0218 e. The van der Waals surface area contributed by atoms with Gasteiger partial charge < -0.3 is 11.0 Å². The number of allylic oxidation sites excluding steroid dienone is 1. The van der Waals surface area contributed by atoms with Gasteiger partial charge in [0.15, 0.2) is 0 Å². The fourth-order valence-corrected chi connectivity index (χ4v) is 0.967. The van der Waals surface area contributed by atoms with Crippen molar-refractivity contribution in [3.63, 3.8) is 0 Å². The van der Waals surface area contributed by atoms with Crippen molar-refractivity contribution in [3.05, 3.63) is 47.5 Å². The first kappa shape index (κ1) is 8.46. The maximum absolute atomic E-state index is 8.30. The Hall–Kier alpha value is -1.64. The summed E-state index contributed by atoms with van der Waals surface area (Å²) in [5, 5.41) is 2.86. The van der Waals surface area contributed by atoms with Crippen LogP contribution in [0.15, 0.2) is 41.6 Å². The molecule has 0 aliphatic carbocycles. The molecule has 0 atom stereocenters. The zero-order valence-corrected chi connectivity index (χ0v) is 6.86. The number of hydrogen-bond acceptors (Lipinski definition) is 1. The van der Waals surface area contributed by atoms with Crippen LogP contribution in [0, 0.1) is 0 Å². The first-order valence-electron chi connectivity index (χ1n) is 3.70. The van der Waals surface area contributed by atoms with Crippen molar-refractivity contribution in [3.8, 4) is 0 Å². The van der Waals surface area contributed by atoms with Gasteiger partial charge in [-0.25, -0.2) is 0 Å². The van der Waals surface area contributed by atoms with E-state index in [0.717, 1.165) is 11.3 Å². The average Bonchev–Trinajstić information content (AvgIpc) is 2.15. The fraction of sp³-hybridized carbons (Fsp3) is 0.111. The first-order valence-corrected chi connectivity index (χ1v) is 3.70. The summed E-state index contributed by atoms with van der Waals surface area (Å²) in [6, 6.07) is 9.67. The highest BCUT2D eigenvalue weighted by molar-refractivity contribution is 5.62. The van der Waals surface area contributed by atoms with Gasteiger partial charge in [-0.2, -0.15) is 0 Å². The molecule has 0 heterocycles. The van der Waals surface area contributed by atoms with Crippen molar-refractivity contribution in [2.24, 2.45) is 5.22 Å². The van der Waals surface area contributed by atoms with Gasteiger partial charge in [0.2, 0.25) is 0 Å². The predicted octanol–water partition coefficient (Wildman–Crippen LogP) is 2.57. The monoisotopic (exact) mass is 160 g/mol. The summed E-state index contributed by atoms with van der Waals surface area (Å²) in [6.45, 7) is 1.88. The topological polar surface area (TPSA) is 46.7 Å². The van der Waals surface area contributed by atoms with E-state index in [1.54, 1.807) is 0 Å². The molecule has 0 aromatic heterocycles. The highest BCUT2D eigenvalue weighted by Gasteiger charge is 1.90. The van der Waals surface area contributed by atoms with Crippen molar-refractivity contribution in [2.45, 2.75) is 6.92 Å². The highest BCUT2D eigenvalue weighted by atomic mass is 15.4. The quantitative estimate of drug-likeness (QED) is 0.536. The largest absolute Gasteiger partial charge is 0.387 e. The highest BCUT2D eigenvalue weighted by Crippen LogP contribution is 2.09. The van der Waals surface area contributed by atoms with Gasteiger partial charge in [-0.3, -0.25) is 5.22 Å². The van der Waals surface area contributed by atoms with Crippen LogP contribution in [0.4, 0.5) is 0 Å². The number of nitrogens with one attached hydrogen (secondary N) is 1. The molecule has 0 amide bonds. The van der Waals surface area contributed by atoms with Crippen LogP contribution in [0.5, 0.6) is 0 Å². The van der Waals surface area contributed by atoms with Crippen molar-refractivity contribution < 1.29 is 0 Å². The Labute approximate surface area is 71.6 Å². The van der Waals surface area contributed by atoms with Crippen LogP contribution in [0.2, 0.25) is 0 Å². The van der Waals surface area contributed by atoms with Crippen LogP contribution in [-0.4, -0.2) is 0 Å². The molecule has 1 aromatic rings. The molecular weight excluding hydrogens is 150 g/mol. The molecule has 0 aliphatic heterocycles. The van der Waals surface area contributed by atoms with E-state index in [1.807, 2.05) is 43.3 Å². The molecule has 62 valence electrons. The summed E-state index contributed by atoms with van der Waals surface area (Å²) < 4.78 is 0. The van der Waals surface area contributed by atoms with Crippen molar-refractivity contribution >= 4 is 5.70 Å². The second-order valence-corrected chi connectivity index (χ2v) is 2.28. The third kappa shape index (κ3) is 1.92. The van der Waals surface area contributed by atoms with Gasteiger partial charge in [0.05, 0.1) is 0 Å². The lowest BCUT2D eigenvalue weighted by Gasteiger charge is -2.10. The second-order valence-electron chi connectivity index (χ2n) is 2.28. The van der Waals surface area contributed by atoms with Gasteiger partial charge in [-0.15, -0.1) is 0 Å². The van der Waals surface area contributed by atoms with Crippen molar-refractivity contribution in [1.29, 1.82) is 0 Å². The minimum absolute atomic E-state index is 0.790. The normalized spacial score (nSPS) is 10.9. The molecule has 1 aromatic carbocycles. The molecule has 3 heteroatoms. The van der Waals surface area contributed by atoms with E-state index in [1.165, 1.54) is 0 Å². The van der Waals surface area contributed by atoms with Crippen molar-refractivity contribution in [2.75, 3.05) is 0 Å². The lowest BCUT2D eigenvalue weighted by Crippen LogP contribution is -2.01. The van der Waals surface area contributed by atoms with Crippen LogP contribution in [-0.2, 0) is 0 Å². The summed E-state index contributed by atoms with van der Waals surface area (Å²) in [5.41, 5.74) is 12.6. The molecule has 3 nitrogen and oxygen atoms in total. The predicted molar refractivity (Wildman–Crippen MR) is 49.0 cm³/mol. The summed E-state index contributed by atoms with van der Waals surface area (Å²) in [4.78, 5) is 0. The van der Waals surface area contributed by atoms with Gasteiger partial charge in [0.25, 0.3) is 0 Å². The minimum atomic E-state index is 0.790. The molecule has 0 spiro atoms. The average molecular weight is 160 g/mol. The Morgan fingerprint density at radius 1 is 1.42 bits per heavy atom. The smallest absolute Gasteiger partial charge is 0.0218 e. The molecule has 0 unspecified atom stereocenters. The Kier molecular flexibility index (Phi) is 3.02. The summed E-state index contributed by atoms with van der Waals surface area (Å²) >= 11 is 0. The summed E-state index contributed by atoms with van der Waals surface area (Å²) in [6.07, 6.45) is 1.84. The molecule has 0 saturated heterocycles. The van der Waals surface area contributed by atoms with Gasteiger partial charge >= 0.3 is 0 Å². The van der Waals surface area contributed by atoms with E-state index >= 15 is 0 Å². The third-order valence-electron chi connectivity index (χ3n) is 1.54. The minimum Gasteiger partial charge on any atom is -0.387 e. The molecule has 0 radical (unpaired) electrons. The standard InChI is InChI=1S/C9H10N3/c1-2-9(11-12-10)8-6-4-3-5-7-8/h2-7H,1H3,(H-,10,11)/q-1/b9-2+. The lowest BCUT2D eigenvalue weighted by molar-refractivity contribution is 0.975. The molecule has 1 N–H and O–H groups in total. The lowest BCUT2D eigenvalue weighted by atomic mass is 10.1. The SMILES string of the molecule is C/C=C(/NN=[N-])c1ccccc1. The zero-order valence-electron chi connectivity index (χ0n) is 6.86. The Bertz CT molecular complexity index is 277. The molecule has 0 fully saturated rings. The number of benzene rings is 1. The van der Waals surface area contributed by atoms with Crippen molar-refractivity contribution in [1.82, 2.24) is 5.43 Å². The summed E-state index contributed by atoms with van der Waals surface area (Å²) in [7, 11) is 0. The second kappa shape index (κ2) is 4.28. The molecule has 0 saturated carbocycles. The Morgan fingerprint density at radius 2 is 2.08 bits per heavy atom. The van der Waals surface area contributed by atoms with Gasteiger partial charge in [0, 0.05) is 0 Å². The third-order valence-corrected chi connectivity index (χ3v) is 1.54. The molecule has 0 aliphatic rings. The summed E-state index contributed by atoms with van der Waals surface area (Å²) in [5.74, 6) is 0. The van der Waals surface area contributed by atoms with E-state index in [0.29, 0.717) is 0 Å². The Balaban J connectivity index is 2.88. The van der Waals surface area contributed by atoms with E-state index in [2.05, 4.69) is 10.6 Å². The fourth-order valence-electron chi connectivity index (χ4n) is 0.967. The van der Waals surface area contributed by atoms with Crippen LogP contribution in [0.25, 0.3) is 11.2 Å². The van der Waals surface area contributed by atoms with Gasteiger partial charge in [-0.1, -0.05) is 36.4 Å². The molecule has 12 heavy (non-hydrogen) atoms. The van der Waals surface area contributed by atoms with Crippen LogP contribution >= 0.6 is 0 Å². The molecule has 1 rings (SSSR count). The van der Waals surface area contributed by atoms with E-state index < -0.39 is 0 Å². The van der Waals surface area contributed by atoms with Crippen LogP contribution in [0.1, 0.15) is 12.5 Å². The number of rotatable bonds is 3. The van der Waals surface area contributed by atoms with E-state index in [9.17, 15) is 0 Å². The zero-order chi connectivity index (χ0) is 8.81. The number of nitrogens with zero attached hydrogens (tertiary/aromatic N) is 2. The first-order chi connectivity index (χ1) is 5.88. The maximum atomic E-state index is 8.30. The molecule has 0 bridgehead atoms. The Morgan fingerprint density at radius 3 is 2.58 bits per heavy atom. The number of hydrogen-bond donors (Lipinski definition) is 1. The van der Waals surface area contributed by atoms with Gasteiger partial charge in [-0.05, 0) is 18.2 Å². The van der Waals surface area contributed by atoms with E-state index in [4.69, 9.17) is 5.53 Å². The van der Waals surface area contributed by atoms with Gasteiger partial charge in [0.1, 0.15) is 0 Å². The molecular formula is C9H10N3-. The van der Waals surface area contributed by atoms with E-state index in [-0.39, 0.29) is 0 Å². The van der Waals surface area contributed by atoms with Crippen LogP contribution in [0.3, 0.4) is 0 Å². The van der Waals surface area contributed by atoms with Crippen LogP contribution < -0.4 is 5.43 Å².